The molecular formula is C12H20N2O2S. The van der Waals surface area contributed by atoms with Crippen molar-refractivity contribution in [3.63, 3.8) is 0 Å². The van der Waals surface area contributed by atoms with E-state index in [0.717, 1.165) is 12.0 Å². The number of hydrogen-bond acceptors (Lipinski definition) is 4. The Morgan fingerprint density at radius 3 is 2.65 bits per heavy atom. The molecule has 1 rings (SSSR count). The molecule has 1 unspecified atom stereocenters. The van der Waals surface area contributed by atoms with E-state index in [1.807, 2.05) is 25.4 Å². The summed E-state index contributed by atoms with van der Waals surface area (Å²) in [6, 6.07) is 4.16. The van der Waals surface area contributed by atoms with E-state index in [1.54, 1.807) is 6.20 Å². The van der Waals surface area contributed by atoms with Crippen LogP contribution >= 0.6 is 0 Å². The average molecular weight is 256 g/mol. The normalized spacial score (nSPS) is 13.9. The first-order valence-corrected chi connectivity index (χ1v) is 7.78. The van der Waals surface area contributed by atoms with Crippen molar-refractivity contribution in [1.29, 1.82) is 0 Å². The molecule has 96 valence electrons. The zero-order valence-corrected chi connectivity index (χ0v) is 11.4. The highest BCUT2D eigenvalue weighted by Gasteiger charge is 2.16. The molecule has 0 fully saturated rings. The Morgan fingerprint density at radius 2 is 2.18 bits per heavy atom. The highest BCUT2D eigenvalue weighted by atomic mass is 32.2. The van der Waals surface area contributed by atoms with Gasteiger partial charge in [-0.3, -0.25) is 9.88 Å². The zero-order valence-electron chi connectivity index (χ0n) is 10.6. The van der Waals surface area contributed by atoms with Gasteiger partial charge >= 0.3 is 0 Å². The van der Waals surface area contributed by atoms with E-state index in [1.165, 1.54) is 6.26 Å². The van der Waals surface area contributed by atoms with Crippen LogP contribution in [-0.2, 0) is 9.84 Å². The quantitative estimate of drug-likeness (QED) is 0.774. The van der Waals surface area contributed by atoms with E-state index < -0.39 is 9.84 Å². The van der Waals surface area contributed by atoms with Crippen molar-refractivity contribution in [2.24, 2.45) is 0 Å². The second-order valence-electron chi connectivity index (χ2n) is 4.32. The fraction of sp³-hybridized carbons (Fsp3) is 0.583. The lowest BCUT2D eigenvalue weighted by atomic mass is 10.1. The summed E-state index contributed by atoms with van der Waals surface area (Å²) < 4.78 is 22.3. The summed E-state index contributed by atoms with van der Waals surface area (Å²) in [7, 11) is -0.950. The Bertz CT molecular complexity index is 431. The molecule has 5 heteroatoms. The maximum Gasteiger partial charge on any atom is 0.148 e. The SMILES string of the molecule is CCC(c1cccnc1)N(C)CCS(C)(=O)=O. The molecule has 0 aliphatic heterocycles. The fourth-order valence-corrected chi connectivity index (χ4v) is 2.46. The molecule has 0 bridgehead atoms. The van der Waals surface area contributed by atoms with Gasteiger partial charge in [0.2, 0.25) is 0 Å². The Morgan fingerprint density at radius 1 is 1.47 bits per heavy atom. The number of nitrogens with zero attached hydrogens (tertiary/aromatic N) is 2. The van der Waals surface area contributed by atoms with Crippen LogP contribution in [0.4, 0.5) is 0 Å². The van der Waals surface area contributed by atoms with Gasteiger partial charge in [-0.25, -0.2) is 8.42 Å². The standard InChI is InChI=1S/C12H20N2O2S/c1-4-12(11-6-5-7-13-10-11)14(2)8-9-17(3,15)16/h5-7,10,12H,4,8-9H2,1-3H3. The molecule has 0 N–H and O–H groups in total. The first kappa shape index (κ1) is 14.1. The third kappa shape index (κ3) is 4.83. The summed E-state index contributed by atoms with van der Waals surface area (Å²) >= 11 is 0. The summed E-state index contributed by atoms with van der Waals surface area (Å²) in [5.74, 6) is 0.195. The van der Waals surface area contributed by atoms with Gasteiger partial charge < -0.3 is 0 Å². The third-order valence-electron chi connectivity index (χ3n) is 2.80. The second kappa shape index (κ2) is 6.12. The Balaban J connectivity index is 2.68. The predicted octanol–water partition coefficient (Wildman–Crippen LogP) is 1.51. The number of aromatic nitrogens is 1. The van der Waals surface area contributed by atoms with Crippen molar-refractivity contribution in [3.05, 3.63) is 30.1 Å². The average Bonchev–Trinajstić information content (AvgIpc) is 2.28. The molecule has 0 aromatic carbocycles. The van der Waals surface area contributed by atoms with Crippen LogP contribution < -0.4 is 0 Å². The molecule has 0 amide bonds. The van der Waals surface area contributed by atoms with Crippen molar-refractivity contribution in [2.45, 2.75) is 19.4 Å². The van der Waals surface area contributed by atoms with Crippen LogP contribution in [0, 0.1) is 0 Å². The van der Waals surface area contributed by atoms with Gasteiger partial charge in [0.25, 0.3) is 0 Å². The molecule has 0 saturated heterocycles. The highest BCUT2D eigenvalue weighted by Crippen LogP contribution is 2.21. The van der Waals surface area contributed by atoms with E-state index in [4.69, 9.17) is 0 Å². The van der Waals surface area contributed by atoms with Crippen molar-refractivity contribution in [1.82, 2.24) is 9.88 Å². The van der Waals surface area contributed by atoms with Gasteiger partial charge in [0.1, 0.15) is 9.84 Å². The van der Waals surface area contributed by atoms with Gasteiger partial charge in [0.15, 0.2) is 0 Å². The van der Waals surface area contributed by atoms with E-state index in [0.29, 0.717) is 6.54 Å². The highest BCUT2D eigenvalue weighted by molar-refractivity contribution is 7.90. The first-order valence-electron chi connectivity index (χ1n) is 5.72. The zero-order chi connectivity index (χ0) is 12.9. The summed E-state index contributed by atoms with van der Waals surface area (Å²) in [6.45, 7) is 2.64. The van der Waals surface area contributed by atoms with Crippen LogP contribution in [0.3, 0.4) is 0 Å². The molecule has 1 aromatic rings. The molecular weight excluding hydrogens is 236 g/mol. The van der Waals surface area contributed by atoms with Crippen molar-refractivity contribution in [2.75, 3.05) is 25.6 Å². The van der Waals surface area contributed by atoms with E-state index in [9.17, 15) is 8.42 Å². The van der Waals surface area contributed by atoms with Gasteiger partial charge in [-0.15, -0.1) is 0 Å². The van der Waals surface area contributed by atoms with Crippen molar-refractivity contribution >= 4 is 9.84 Å². The largest absolute Gasteiger partial charge is 0.298 e. The second-order valence-corrected chi connectivity index (χ2v) is 6.58. The lowest BCUT2D eigenvalue weighted by molar-refractivity contribution is 0.252. The Labute approximate surface area is 104 Å². The molecule has 0 spiro atoms. The van der Waals surface area contributed by atoms with Gasteiger partial charge in [0, 0.05) is 31.2 Å². The van der Waals surface area contributed by atoms with Gasteiger partial charge in [-0.05, 0) is 25.1 Å². The molecule has 1 aromatic heterocycles. The summed E-state index contributed by atoms with van der Waals surface area (Å²) in [5.41, 5.74) is 1.13. The van der Waals surface area contributed by atoms with Crippen LogP contribution in [0.2, 0.25) is 0 Å². The lowest BCUT2D eigenvalue weighted by Crippen LogP contribution is -2.29. The molecule has 0 aliphatic carbocycles. The first-order chi connectivity index (χ1) is 7.94. The lowest BCUT2D eigenvalue weighted by Gasteiger charge is -2.26. The topological polar surface area (TPSA) is 50.3 Å². The minimum atomic E-state index is -2.90. The van der Waals surface area contributed by atoms with E-state index in [-0.39, 0.29) is 11.8 Å². The van der Waals surface area contributed by atoms with E-state index >= 15 is 0 Å². The van der Waals surface area contributed by atoms with Gasteiger partial charge in [0.05, 0.1) is 5.75 Å². The molecule has 1 heterocycles. The number of hydrogen-bond donors (Lipinski definition) is 0. The Hall–Kier alpha value is -0.940. The molecule has 0 saturated carbocycles. The fourth-order valence-electron chi connectivity index (χ4n) is 1.84. The van der Waals surface area contributed by atoms with E-state index in [2.05, 4.69) is 16.8 Å². The summed E-state index contributed by atoms with van der Waals surface area (Å²) in [4.78, 5) is 6.17. The molecule has 0 radical (unpaired) electrons. The summed E-state index contributed by atoms with van der Waals surface area (Å²) in [5, 5.41) is 0. The summed E-state index contributed by atoms with van der Waals surface area (Å²) in [6.07, 6.45) is 5.79. The smallest absolute Gasteiger partial charge is 0.148 e. The van der Waals surface area contributed by atoms with Crippen LogP contribution in [0.1, 0.15) is 24.9 Å². The molecule has 1 atom stereocenters. The van der Waals surface area contributed by atoms with Gasteiger partial charge in [-0.1, -0.05) is 13.0 Å². The number of sulfone groups is 1. The molecule has 4 nitrogen and oxygen atoms in total. The van der Waals surface area contributed by atoms with Crippen molar-refractivity contribution < 1.29 is 8.42 Å². The predicted molar refractivity (Wildman–Crippen MR) is 69.6 cm³/mol. The minimum Gasteiger partial charge on any atom is -0.298 e. The van der Waals surface area contributed by atoms with Crippen LogP contribution in [0.15, 0.2) is 24.5 Å². The minimum absolute atomic E-state index is 0.195. The number of rotatable bonds is 6. The van der Waals surface area contributed by atoms with Crippen LogP contribution in [-0.4, -0.2) is 43.9 Å². The number of pyridine rings is 1. The van der Waals surface area contributed by atoms with Gasteiger partial charge in [-0.2, -0.15) is 0 Å². The monoisotopic (exact) mass is 256 g/mol. The maximum atomic E-state index is 11.1. The Kier molecular flexibility index (Phi) is 5.08. The van der Waals surface area contributed by atoms with Crippen molar-refractivity contribution in [3.8, 4) is 0 Å². The maximum absolute atomic E-state index is 11.1. The molecule has 0 aliphatic rings. The van der Waals surface area contributed by atoms with Crippen LogP contribution in [0.5, 0.6) is 0 Å². The van der Waals surface area contributed by atoms with Crippen LogP contribution in [0.25, 0.3) is 0 Å². The molecule has 17 heavy (non-hydrogen) atoms. The third-order valence-corrected chi connectivity index (χ3v) is 3.73.